The highest BCUT2D eigenvalue weighted by Crippen LogP contribution is 2.10. The van der Waals surface area contributed by atoms with Crippen molar-refractivity contribution in [2.24, 2.45) is 0 Å². The summed E-state index contributed by atoms with van der Waals surface area (Å²) in [6.07, 6.45) is 17.2. The maximum atomic E-state index is 5.62. The van der Waals surface area contributed by atoms with E-state index in [9.17, 15) is 0 Å². The van der Waals surface area contributed by atoms with E-state index in [0.717, 1.165) is 19.6 Å². The lowest BCUT2D eigenvalue weighted by Crippen LogP contribution is -2.13. The van der Waals surface area contributed by atoms with Gasteiger partial charge in [0.2, 0.25) is 0 Å². The van der Waals surface area contributed by atoms with Crippen molar-refractivity contribution in [3.63, 3.8) is 0 Å². The van der Waals surface area contributed by atoms with Gasteiger partial charge in [-0.05, 0) is 12.8 Å². The fourth-order valence-corrected chi connectivity index (χ4v) is 3.13. The molecule has 0 aliphatic heterocycles. The molecule has 0 spiro atoms. The van der Waals surface area contributed by atoms with Crippen molar-refractivity contribution in [3.05, 3.63) is 0 Å². The second-order valence-corrected chi connectivity index (χ2v) is 7.95. The van der Waals surface area contributed by atoms with E-state index in [1.807, 2.05) is 0 Å². The zero-order chi connectivity index (χ0) is 21.8. The zero-order valence-electron chi connectivity index (χ0n) is 20.3. The van der Waals surface area contributed by atoms with Gasteiger partial charge in [-0.15, -0.1) is 0 Å². The molecule has 0 saturated carbocycles. The average Bonchev–Trinajstić information content (AvgIpc) is 2.76. The van der Waals surface area contributed by atoms with Gasteiger partial charge in [0, 0.05) is 13.2 Å². The third-order valence-electron chi connectivity index (χ3n) is 5.02. The molecule has 0 aromatic carbocycles. The maximum absolute atomic E-state index is 5.62. The summed E-state index contributed by atoms with van der Waals surface area (Å²) in [5, 5.41) is 0. The Hall–Kier alpha value is -0.200. The summed E-state index contributed by atoms with van der Waals surface area (Å²) in [4.78, 5) is 0. The van der Waals surface area contributed by atoms with Crippen LogP contribution in [0.1, 0.15) is 97.3 Å². The van der Waals surface area contributed by atoms with Crippen molar-refractivity contribution in [1.82, 2.24) is 0 Å². The molecule has 0 bridgehead atoms. The lowest BCUT2D eigenvalue weighted by atomic mass is 10.1. The Bertz CT molecular complexity index is 261. The van der Waals surface area contributed by atoms with Crippen LogP contribution in [0.3, 0.4) is 0 Å². The summed E-state index contributed by atoms with van der Waals surface area (Å²) in [6.45, 7) is 11.2. The summed E-state index contributed by atoms with van der Waals surface area (Å²) in [5.74, 6) is 0. The van der Waals surface area contributed by atoms with Crippen molar-refractivity contribution in [2.75, 3.05) is 66.1 Å². The van der Waals surface area contributed by atoms with Crippen molar-refractivity contribution >= 4 is 0 Å². The molecule has 0 fully saturated rings. The van der Waals surface area contributed by atoms with E-state index in [1.54, 1.807) is 0 Å². The minimum absolute atomic E-state index is 0.606. The molecule has 182 valence electrons. The van der Waals surface area contributed by atoms with E-state index in [4.69, 9.17) is 23.7 Å². The molecule has 0 rings (SSSR count). The average molecular weight is 433 g/mol. The first kappa shape index (κ1) is 29.8. The van der Waals surface area contributed by atoms with Crippen molar-refractivity contribution in [3.8, 4) is 0 Å². The first-order valence-corrected chi connectivity index (χ1v) is 12.8. The number of ether oxygens (including phenoxy) is 5. The van der Waals surface area contributed by atoms with Crippen LogP contribution in [-0.4, -0.2) is 66.1 Å². The molecule has 0 aromatic heterocycles. The lowest BCUT2D eigenvalue weighted by Gasteiger charge is -2.08. The SMILES string of the molecule is CCCCCCCCCCCCOCCOCCOCCOCCOCCCCC. The van der Waals surface area contributed by atoms with Gasteiger partial charge in [0.15, 0.2) is 0 Å². The van der Waals surface area contributed by atoms with Crippen LogP contribution in [0.5, 0.6) is 0 Å². The Morgan fingerprint density at radius 2 is 0.500 bits per heavy atom. The van der Waals surface area contributed by atoms with Crippen molar-refractivity contribution in [1.29, 1.82) is 0 Å². The molecule has 0 amide bonds. The summed E-state index contributed by atoms with van der Waals surface area (Å²) >= 11 is 0. The predicted octanol–water partition coefficient (Wildman–Crippen LogP) is 6.18. The molecule has 5 nitrogen and oxygen atoms in total. The van der Waals surface area contributed by atoms with Crippen LogP contribution in [0.15, 0.2) is 0 Å². The molecule has 0 aliphatic rings. The third-order valence-corrected chi connectivity index (χ3v) is 5.02. The van der Waals surface area contributed by atoms with Crippen LogP contribution in [-0.2, 0) is 23.7 Å². The highest BCUT2D eigenvalue weighted by Gasteiger charge is 1.95. The van der Waals surface area contributed by atoms with Crippen LogP contribution in [0.2, 0.25) is 0 Å². The Morgan fingerprint density at radius 3 is 0.867 bits per heavy atom. The molecule has 30 heavy (non-hydrogen) atoms. The quantitative estimate of drug-likeness (QED) is 0.145. The Kier molecular flexibility index (Phi) is 28.6. The van der Waals surface area contributed by atoms with Crippen LogP contribution >= 0.6 is 0 Å². The van der Waals surface area contributed by atoms with Gasteiger partial charge in [-0.1, -0.05) is 84.5 Å². The monoisotopic (exact) mass is 432 g/mol. The smallest absolute Gasteiger partial charge is 0.0701 e. The van der Waals surface area contributed by atoms with Gasteiger partial charge in [0.1, 0.15) is 0 Å². The van der Waals surface area contributed by atoms with Crippen molar-refractivity contribution in [2.45, 2.75) is 97.3 Å². The number of hydrogen-bond donors (Lipinski definition) is 0. The van der Waals surface area contributed by atoms with Crippen LogP contribution in [0.25, 0.3) is 0 Å². The molecule has 0 radical (unpaired) electrons. The zero-order valence-corrected chi connectivity index (χ0v) is 20.3. The summed E-state index contributed by atoms with van der Waals surface area (Å²) in [7, 11) is 0. The molecule has 0 N–H and O–H groups in total. The molecule has 0 saturated heterocycles. The number of unbranched alkanes of at least 4 members (excludes halogenated alkanes) is 11. The molecule has 0 heterocycles. The first-order chi connectivity index (χ1) is 14.9. The van der Waals surface area contributed by atoms with E-state index in [0.29, 0.717) is 52.9 Å². The highest BCUT2D eigenvalue weighted by molar-refractivity contribution is 4.47. The normalized spacial score (nSPS) is 11.4. The van der Waals surface area contributed by atoms with Gasteiger partial charge in [-0.25, -0.2) is 0 Å². The van der Waals surface area contributed by atoms with E-state index >= 15 is 0 Å². The summed E-state index contributed by atoms with van der Waals surface area (Å²) in [5.41, 5.74) is 0. The summed E-state index contributed by atoms with van der Waals surface area (Å²) in [6, 6.07) is 0. The first-order valence-electron chi connectivity index (χ1n) is 12.8. The van der Waals surface area contributed by atoms with E-state index in [1.165, 1.54) is 77.0 Å². The van der Waals surface area contributed by atoms with Crippen LogP contribution < -0.4 is 0 Å². The highest BCUT2D eigenvalue weighted by atomic mass is 16.6. The topological polar surface area (TPSA) is 46.2 Å². The van der Waals surface area contributed by atoms with E-state index in [-0.39, 0.29) is 0 Å². The largest absolute Gasteiger partial charge is 0.379 e. The van der Waals surface area contributed by atoms with E-state index in [2.05, 4.69) is 13.8 Å². The van der Waals surface area contributed by atoms with Gasteiger partial charge in [0.05, 0.1) is 52.9 Å². The standard InChI is InChI=1S/C25H52O5/c1-3-5-7-8-9-10-11-12-13-15-17-27-19-21-29-23-25-30-24-22-28-20-18-26-16-14-6-4-2/h3-25H2,1-2H3. The van der Waals surface area contributed by atoms with Crippen molar-refractivity contribution < 1.29 is 23.7 Å². The third kappa shape index (κ3) is 27.8. The van der Waals surface area contributed by atoms with Gasteiger partial charge in [-0.3, -0.25) is 0 Å². The molecule has 0 aliphatic carbocycles. The number of hydrogen-bond acceptors (Lipinski definition) is 5. The second-order valence-electron chi connectivity index (χ2n) is 7.95. The van der Waals surface area contributed by atoms with Gasteiger partial charge in [-0.2, -0.15) is 0 Å². The van der Waals surface area contributed by atoms with Crippen LogP contribution in [0.4, 0.5) is 0 Å². The Morgan fingerprint density at radius 1 is 0.267 bits per heavy atom. The minimum Gasteiger partial charge on any atom is -0.379 e. The van der Waals surface area contributed by atoms with E-state index < -0.39 is 0 Å². The van der Waals surface area contributed by atoms with Crippen LogP contribution in [0, 0.1) is 0 Å². The molecule has 0 unspecified atom stereocenters. The fraction of sp³-hybridized carbons (Fsp3) is 1.00. The maximum Gasteiger partial charge on any atom is 0.0701 e. The summed E-state index contributed by atoms with van der Waals surface area (Å²) < 4.78 is 27.6. The van der Waals surface area contributed by atoms with Gasteiger partial charge >= 0.3 is 0 Å². The Labute approximate surface area is 187 Å². The fourth-order valence-electron chi connectivity index (χ4n) is 3.13. The predicted molar refractivity (Wildman–Crippen MR) is 125 cm³/mol. The minimum atomic E-state index is 0.606. The Balaban J connectivity index is 2.97. The van der Waals surface area contributed by atoms with Gasteiger partial charge < -0.3 is 23.7 Å². The molecule has 0 aromatic rings. The molecule has 0 atom stereocenters. The number of rotatable bonds is 27. The molecular formula is C25H52O5. The lowest BCUT2D eigenvalue weighted by molar-refractivity contribution is -0.0114. The second kappa shape index (κ2) is 28.8. The molecular weight excluding hydrogens is 380 g/mol. The molecule has 5 heteroatoms. The van der Waals surface area contributed by atoms with Gasteiger partial charge in [0.25, 0.3) is 0 Å².